The maximum Gasteiger partial charge on any atom is 0.417 e. The summed E-state index contributed by atoms with van der Waals surface area (Å²) in [6, 6.07) is 9.10. The summed E-state index contributed by atoms with van der Waals surface area (Å²) >= 11 is 0. The molecule has 1 aliphatic heterocycles. The van der Waals surface area contributed by atoms with Crippen LogP contribution in [0.1, 0.15) is 24.0 Å². The molecule has 0 N–H and O–H groups in total. The van der Waals surface area contributed by atoms with Crippen molar-refractivity contribution >= 4 is 11.9 Å². The molecule has 23 heavy (non-hydrogen) atoms. The van der Waals surface area contributed by atoms with Crippen LogP contribution < -0.4 is 0 Å². The number of alkyl halides is 3. The van der Waals surface area contributed by atoms with E-state index in [1.54, 1.807) is 12.3 Å². The second-order valence-electron chi connectivity index (χ2n) is 5.12. The average Bonchev–Trinajstić information content (AvgIpc) is 2.55. The second kappa shape index (κ2) is 5.95. The maximum atomic E-state index is 14.4. The molecule has 118 valence electrons. The monoisotopic (exact) mass is 320 g/mol. The average molecular weight is 320 g/mol. The summed E-state index contributed by atoms with van der Waals surface area (Å²) in [5, 5.41) is 7.72. The van der Waals surface area contributed by atoms with Crippen LogP contribution in [0.15, 0.2) is 52.7 Å². The van der Waals surface area contributed by atoms with Gasteiger partial charge in [0.2, 0.25) is 0 Å². The van der Waals surface area contributed by atoms with E-state index < -0.39 is 17.6 Å². The zero-order chi connectivity index (χ0) is 16.4. The SMILES string of the molecule is Fc1cc(C2=NN=CCC2)ccc1-c1ccccc1C(F)(F)F. The Kier molecular flexibility index (Phi) is 3.98. The fraction of sp³-hybridized carbons (Fsp3) is 0.176. The highest BCUT2D eigenvalue weighted by atomic mass is 19.4. The molecular formula is C17H12F4N2. The molecule has 0 bridgehead atoms. The molecule has 0 atom stereocenters. The van der Waals surface area contributed by atoms with Gasteiger partial charge in [0.25, 0.3) is 0 Å². The summed E-state index contributed by atoms with van der Waals surface area (Å²) in [4.78, 5) is 0. The minimum atomic E-state index is -4.54. The van der Waals surface area contributed by atoms with E-state index in [2.05, 4.69) is 10.2 Å². The highest BCUT2D eigenvalue weighted by Gasteiger charge is 2.33. The third kappa shape index (κ3) is 3.16. The van der Waals surface area contributed by atoms with E-state index in [-0.39, 0.29) is 11.1 Å². The van der Waals surface area contributed by atoms with Gasteiger partial charge in [-0.05, 0) is 30.5 Å². The van der Waals surface area contributed by atoms with Gasteiger partial charge < -0.3 is 0 Å². The Balaban J connectivity index is 2.06. The molecule has 0 saturated heterocycles. The van der Waals surface area contributed by atoms with E-state index in [0.29, 0.717) is 24.1 Å². The molecule has 2 aromatic carbocycles. The van der Waals surface area contributed by atoms with Gasteiger partial charge in [-0.3, -0.25) is 0 Å². The minimum absolute atomic E-state index is 0.0819. The van der Waals surface area contributed by atoms with Crippen LogP contribution in [0.25, 0.3) is 11.1 Å². The van der Waals surface area contributed by atoms with Crippen LogP contribution in [0, 0.1) is 5.82 Å². The van der Waals surface area contributed by atoms with Crippen LogP contribution in [0.4, 0.5) is 17.6 Å². The van der Waals surface area contributed by atoms with Crippen molar-refractivity contribution in [2.75, 3.05) is 0 Å². The number of nitrogens with zero attached hydrogens (tertiary/aromatic N) is 2. The van der Waals surface area contributed by atoms with Gasteiger partial charge in [-0.1, -0.05) is 30.3 Å². The van der Waals surface area contributed by atoms with Crippen molar-refractivity contribution in [3.63, 3.8) is 0 Å². The van der Waals surface area contributed by atoms with Gasteiger partial charge in [-0.15, -0.1) is 0 Å². The standard InChI is InChI=1S/C17H12F4N2/c18-15-10-11(16-6-3-9-22-23-16)7-8-13(15)12-4-1-2-5-14(12)17(19,20)21/h1-2,4-5,7-10H,3,6H2. The Morgan fingerprint density at radius 1 is 0.957 bits per heavy atom. The predicted octanol–water partition coefficient (Wildman–Crippen LogP) is 5.08. The minimum Gasteiger partial charge on any atom is -0.206 e. The lowest BCUT2D eigenvalue weighted by Crippen LogP contribution is -2.08. The smallest absolute Gasteiger partial charge is 0.206 e. The first-order valence-corrected chi connectivity index (χ1v) is 7.01. The molecule has 0 fully saturated rings. The maximum absolute atomic E-state index is 14.4. The van der Waals surface area contributed by atoms with Crippen molar-refractivity contribution in [3.05, 3.63) is 59.4 Å². The van der Waals surface area contributed by atoms with E-state index in [0.717, 1.165) is 6.07 Å². The normalized spacial score (nSPS) is 14.7. The van der Waals surface area contributed by atoms with Crippen LogP contribution >= 0.6 is 0 Å². The van der Waals surface area contributed by atoms with Gasteiger partial charge in [0.1, 0.15) is 5.82 Å². The molecule has 6 heteroatoms. The lowest BCUT2D eigenvalue weighted by atomic mass is 9.96. The number of hydrogen-bond acceptors (Lipinski definition) is 2. The molecule has 0 aromatic heterocycles. The first kappa shape index (κ1) is 15.4. The molecule has 0 unspecified atom stereocenters. The third-order valence-corrected chi connectivity index (χ3v) is 3.60. The summed E-state index contributed by atoms with van der Waals surface area (Å²) in [7, 11) is 0. The van der Waals surface area contributed by atoms with E-state index >= 15 is 0 Å². The van der Waals surface area contributed by atoms with Gasteiger partial charge >= 0.3 is 6.18 Å². The Bertz CT molecular complexity index is 791. The van der Waals surface area contributed by atoms with Crippen LogP contribution in [0.2, 0.25) is 0 Å². The van der Waals surface area contributed by atoms with Crippen molar-refractivity contribution in [1.82, 2.24) is 0 Å². The molecule has 2 aromatic rings. The molecule has 0 amide bonds. The number of benzene rings is 2. The molecule has 1 aliphatic rings. The van der Waals surface area contributed by atoms with Crippen LogP contribution in [-0.2, 0) is 6.18 Å². The van der Waals surface area contributed by atoms with Gasteiger partial charge in [-0.2, -0.15) is 23.4 Å². The Morgan fingerprint density at radius 2 is 1.74 bits per heavy atom. The summed E-state index contributed by atoms with van der Waals surface area (Å²) < 4.78 is 53.6. The molecule has 0 aliphatic carbocycles. The summed E-state index contributed by atoms with van der Waals surface area (Å²) in [5.41, 5.74) is 0.0511. The molecule has 0 spiro atoms. The fourth-order valence-corrected chi connectivity index (χ4v) is 2.50. The fourth-order valence-electron chi connectivity index (χ4n) is 2.50. The Hall–Kier alpha value is -2.50. The van der Waals surface area contributed by atoms with Crippen LogP contribution in [0.5, 0.6) is 0 Å². The molecule has 0 radical (unpaired) electrons. The first-order valence-electron chi connectivity index (χ1n) is 7.01. The number of hydrogen-bond donors (Lipinski definition) is 0. The first-order chi connectivity index (χ1) is 11.0. The number of rotatable bonds is 2. The molecular weight excluding hydrogens is 308 g/mol. The molecule has 3 rings (SSSR count). The van der Waals surface area contributed by atoms with Gasteiger partial charge in [-0.25, -0.2) is 4.39 Å². The van der Waals surface area contributed by atoms with Gasteiger partial charge in [0.15, 0.2) is 0 Å². The second-order valence-corrected chi connectivity index (χ2v) is 5.12. The van der Waals surface area contributed by atoms with Crippen LogP contribution in [0.3, 0.4) is 0 Å². The van der Waals surface area contributed by atoms with Gasteiger partial charge in [0.05, 0.1) is 11.3 Å². The molecule has 2 nitrogen and oxygen atoms in total. The highest BCUT2D eigenvalue weighted by molar-refractivity contribution is 6.02. The Morgan fingerprint density at radius 3 is 2.39 bits per heavy atom. The summed E-state index contributed by atoms with van der Waals surface area (Å²) in [6.07, 6.45) is -1.54. The van der Waals surface area contributed by atoms with Crippen molar-refractivity contribution in [1.29, 1.82) is 0 Å². The quantitative estimate of drug-likeness (QED) is 0.689. The van der Waals surface area contributed by atoms with E-state index in [4.69, 9.17) is 0 Å². The summed E-state index contributed by atoms with van der Waals surface area (Å²) in [5.74, 6) is -0.712. The lowest BCUT2D eigenvalue weighted by molar-refractivity contribution is -0.137. The van der Waals surface area contributed by atoms with Crippen molar-refractivity contribution in [2.24, 2.45) is 10.2 Å². The van der Waals surface area contributed by atoms with Crippen molar-refractivity contribution < 1.29 is 17.6 Å². The van der Waals surface area contributed by atoms with Crippen molar-refractivity contribution in [3.8, 4) is 11.1 Å². The molecule has 0 saturated carbocycles. The molecule has 1 heterocycles. The van der Waals surface area contributed by atoms with E-state index in [9.17, 15) is 17.6 Å². The highest BCUT2D eigenvalue weighted by Crippen LogP contribution is 2.38. The zero-order valence-electron chi connectivity index (χ0n) is 11.9. The zero-order valence-corrected chi connectivity index (χ0v) is 11.9. The largest absolute Gasteiger partial charge is 0.417 e. The van der Waals surface area contributed by atoms with Gasteiger partial charge in [0, 0.05) is 17.3 Å². The van der Waals surface area contributed by atoms with Crippen molar-refractivity contribution in [2.45, 2.75) is 19.0 Å². The predicted molar refractivity (Wildman–Crippen MR) is 81.1 cm³/mol. The van der Waals surface area contributed by atoms with E-state index in [1.165, 1.54) is 30.3 Å². The van der Waals surface area contributed by atoms with E-state index in [1.807, 2.05) is 0 Å². The van der Waals surface area contributed by atoms with Crippen LogP contribution in [-0.4, -0.2) is 11.9 Å². The summed E-state index contributed by atoms with van der Waals surface area (Å²) in [6.45, 7) is 0. The third-order valence-electron chi connectivity index (χ3n) is 3.60. The Labute approximate surface area is 130 Å². The number of halogens is 4. The topological polar surface area (TPSA) is 24.7 Å². The lowest BCUT2D eigenvalue weighted by Gasteiger charge is -2.14.